The van der Waals surface area contributed by atoms with E-state index in [1.165, 1.54) is 6.07 Å². The van der Waals surface area contributed by atoms with Crippen molar-refractivity contribution in [3.63, 3.8) is 0 Å². The number of nitrogens with two attached hydrogens (primary N) is 1. The third kappa shape index (κ3) is 4.75. The number of amides is 1. The maximum atomic E-state index is 13.7. The Morgan fingerprint density at radius 1 is 1.05 bits per heavy atom. The maximum absolute atomic E-state index is 13.7. The zero-order chi connectivity index (χ0) is 30.5. The number of ketones is 2. The van der Waals surface area contributed by atoms with Gasteiger partial charge < -0.3 is 30.9 Å². The van der Waals surface area contributed by atoms with Gasteiger partial charge in [-0.1, -0.05) is 44.2 Å². The molecule has 10 nitrogen and oxygen atoms in total. The van der Waals surface area contributed by atoms with E-state index in [0.717, 1.165) is 11.1 Å². The first-order valence-corrected chi connectivity index (χ1v) is 13.9. The first-order valence-electron chi connectivity index (χ1n) is 13.9. The van der Waals surface area contributed by atoms with Crippen LogP contribution in [0.15, 0.2) is 53.3 Å². The summed E-state index contributed by atoms with van der Waals surface area (Å²) >= 11 is 0. The summed E-state index contributed by atoms with van der Waals surface area (Å²) < 4.78 is 5.23. The van der Waals surface area contributed by atoms with E-state index in [9.17, 15) is 39.6 Å². The molecule has 3 aliphatic rings. The molecule has 3 aliphatic carbocycles. The molecule has 1 saturated carbocycles. The summed E-state index contributed by atoms with van der Waals surface area (Å²) in [5.74, 6) is -6.61. The molecule has 220 valence electrons. The van der Waals surface area contributed by atoms with Gasteiger partial charge in [0.2, 0.25) is 5.78 Å². The number of hydrogen-bond donors (Lipinski definition) is 5. The number of benzene rings is 2. The quantitative estimate of drug-likeness (QED) is 0.244. The molecule has 6 N–H and O–H groups in total. The smallest absolute Gasteiger partial charge is 0.306 e. The van der Waals surface area contributed by atoms with Crippen LogP contribution in [0.4, 0.5) is 0 Å². The number of aliphatic hydroxyl groups is 3. The second kappa shape index (κ2) is 10.8. The third-order valence-corrected chi connectivity index (χ3v) is 8.41. The number of aliphatic hydroxyl groups excluding tert-OH is 2. The number of carbonyl (C=O) groups is 4. The average molecular weight is 576 g/mol. The number of aromatic hydroxyl groups is 1. The molecule has 0 spiro atoms. The van der Waals surface area contributed by atoms with Gasteiger partial charge in [0.25, 0.3) is 5.91 Å². The Bertz CT molecular complexity index is 1570. The number of phenolic OH excluding ortho intramolecular Hbond substituents is 1. The van der Waals surface area contributed by atoms with Crippen molar-refractivity contribution in [3.8, 4) is 16.9 Å². The summed E-state index contributed by atoms with van der Waals surface area (Å²) in [6.45, 7) is 4.31. The fourth-order valence-corrected chi connectivity index (χ4v) is 6.32. The van der Waals surface area contributed by atoms with E-state index in [2.05, 4.69) is 0 Å². The molecule has 42 heavy (non-hydrogen) atoms. The number of fused-ring (bicyclic) bond motifs is 3. The van der Waals surface area contributed by atoms with Crippen LogP contribution in [0.1, 0.15) is 49.8 Å². The first-order chi connectivity index (χ1) is 19.8. The molecule has 1 fully saturated rings. The van der Waals surface area contributed by atoms with Crippen molar-refractivity contribution in [1.82, 2.24) is 0 Å². The van der Waals surface area contributed by atoms with Gasteiger partial charge in [-0.3, -0.25) is 19.2 Å². The molecule has 0 radical (unpaired) electrons. The zero-order valence-corrected chi connectivity index (χ0v) is 23.3. The topological polar surface area (TPSA) is 184 Å². The molecule has 0 aromatic heterocycles. The van der Waals surface area contributed by atoms with Gasteiger partial charge in [0, 0.05) is 24.3 Å². The molecule has 10 heteroatoms. The van der Waals surface area contributed by atoms with Gasteiger partial charge in [-0.15, -0.1) is 0 Å². The van der Waals surface area contributed by atoms with Gasteiger partial charge in [0.15, 0.2) is 11.4 Å². The van der Waals surface area contributed by atoms with Gasteiger partial charge in [0.05, 0.1) is 12.2 Å². The molecule has 5 rings (SSSR count). The highest BCUT2D eigenvalue weighted by molar-refractivity contribution is 6.22. The highest BCUT2D eigenvalue weighted by Gasteiger charge is 2.60. The lowest BCUT2D eigenvalue weighted by Crippen LogP contribution is -2.58. The highest BCUT2D eigenvalue weighted by atomic mass is 16.5. The third-order valence-electron chi connectivity index (χ3n) is 8.41. The second-order valence-corrected chi connectivity index (χ2v) is 11.7. The number of primary amides is 1. The Morgan fingerprint density at radius 2 is 1.74 bits per heavy atom. The molecule has 0 saturated heterocycles. The van der Waals surface area contributed by atoms with Gasteiger partial charge >= 0.3 is 5.97 Å². The van der Waals surface area contributed by atoms with Crippen molar-refractivity contribution in [2.45, 2.75) is 51.6 Å². The Balaban J connectivity index is 1.48. The summed E-state index contributed by atoms with van der Waals surface area (Å²) in [5, 5.41) is 44.1. The lowest BCUT2D eigenvalue weighted by molar-refractivity contribution is -0.148. The van der Waals surface area contributed by atoms with Crippen LogP contribution in [0.25, 0.3) is 16.9 Å². The van der Waals surface area contributed by atoms with E-state index in [1.807, 2.05) is 38.1 Å². The van der Waals surface area contributed by atoms with E-state index in [-0.39, 0.29) is 54.5 Å². The van der Waals surface area contributed by atoms with Crippen LogP contribution in [-0.2, 0) is 36.8 Å². The van der Waals surface area contributed by atoms with Gasteiger partial charge in [-0.2, -0.15) is 0 Å². The molecule has 0 unspecified atom stereocenters. The molecule has 3 atom stereocenters. The molecule has 0 bridgehead atoms. The number of hydrogen-bond acceptors (Lipinski definition) is 9. The monoisotopic (exact) mass is 575 g/mol. The summed E-state index contributed by atoms with van der Waals surface area (Å²) in [5.41, 5.74) is 4.69. The summed E-state index contributed by atoms with van der Waals surface area (Å²) in [4.78, 5) is 50.0. The van der Waals surface area contributed by atoms with Crippen molar-refractivity contribution in [1.29, 1.82) is 0 Å². The van der Waals surface area contributed by atoms with Crippen molar-refractivity contribution >= 4 is 29.2 Å². The number of aryl methyl sites for hydroxylation is 1. The summed E-state index contributed by atoms with van der Waals surface area (Å²) in [7, 11) is 0. The van der Waals surface area contributed by atoms with Crippen molar-refractivity contribution in [2.75, 3.05) is 6.61 Å². The average Bonchev–Trinajstić information content (AvgIpc) is 2.93. The lowest BCUT2D eigenvalue weighted by atomic mass is 9.59. The Labute approximate surface area is 242 Å². The summed E-state index contributed by atoms with van der Waals surface area (Å²) in [6, 6.07) is 10.6. The van der Waals surface area contributed by atoms with E-state index >= 15 is 0 Å². The SMILES string of the molecule is CC(C)COC(=O)CCc1ccc(-c2ccc(O)c3c2C[C@H]2C[C@H]4CC(=O)C(C(N)=O)=C(O)[C@@]4(O)C(=O)C2=C3O)cc1. The van der Waals surface area contributed by atoms with Crippen LogP contribution in [-0.4, -0.2) is 56.1 Å². The van der Waals surface area contributed by atoms with Crippen LogP contribution in [0.5, 0.6) is 5.75 Å². The van der Waals surface area contributed by atoms with Crippen molar-refractivity contribution < 1.29 is 44.3 Å². The van der Waals surface area contributed by atoms with E-state index in [0.29, 0.717) is 24.2 Å². The number of Topliss-reactive ketones (excluding diaryl/α,β-unsaturated/α-hetero) is 2. The van der Waals surface area contributed by atoms with Crippen LogP contribution in [0.2, 0.25) is 0 Å². The Hall–Kier alpha value is -4.44. The molecule has 2 aromatic rings. The lowest BCUT2D eigenvalue weighted by Gasteiger charge is -2.46. The fraction of sp³-hybridized carbons (Fsp3) is 0.375. The predicted octanol–water partition coefficient (Wildman–Crippen LogP) is 3.22. The number of esters is 1. The normalized spacial score (nSPS) is 23.4. The molecule has 1 amide bonds. The minimum Gasteiger partial charge on any atom is -0.508 e. The van der Waals surface area contributed by atoms with E-state index < -0.39 is 52.0 Å². The van der Waals surface area contributed by atoms with Crippen molar-refractivity contribution in [3.05, 3.63) is 70.0 Å². The minimum atomic E-state index is -2.60. The molecule has 0 heterocycles. The predicted molar refractivity (Wildman–Crippen MR) is 151 cm³/mol. The molecular weight excluding hydrogens is 542 g/mol. The molecule has 2 aromatic carbocycles. The Kier molecular flexibility index (Phi) is 7.44. The Morgan fingerprint density at radius 3 is 2.38 bits per heavy atom. The van der Waals surface area contributed by atoms with Crippen LogP contribution in [0, 0.1) is 17.8 Å². The minimum absolute atomic E-state index is 0.0385. The van der Waals surface area contributed by atoms with Crippen LogP contribution >= 0.6 is 0 Å². The number of phenols is 1. The first kappa shape index (κ1) is 29.1. The van der Waals surface area contributed by atoms with E-state index in [1.54, 1.807) is 6.07 Å². The van der Waals surface area contributed by atoms with Gasteiger partial charge in [-0.25, -0.2) is 0 Å². The van der Waals surface area contributed by atoms with Gasteiger partial charge in [0.1, 0.15) is 22.8 Å². The molecule has 0 aliphatic heterocycles. The zero-order valence-electron chi connectivity index (χ0n) is 23.3. The number of ether oxygens (including phenoxy) is 1. The highest BCUT2D eigenvalue weighted by Crippen LogP contribution is 2.53. The summed E-state index contributed by atoms with van der Waals surface area (Å²) in [6.07, 6.45) is 0.649. The molecular formula is C32H33NO9. The van der Waals surface area contributed by atoms with Crippen LogP contribution < -0.4 is 5.73 Å². The van der Waals surface area contributed by atoms with E-state index in [4.69, 9.17) is 10.5 Å². The fourth-order valence-electron chi connectivity index (χ4n) is 6.32. The number of carbonyl (C=O) groups excluding carboxylic acids is 4. The second-order valence-electron chi connectivity index (χ2n) is 11.7. The van der Waals surface area contributed by atoms with Crippen molar-refractivity contribution in [2.24, 2.45) is 23.5 Å². The van der Waals surface area contributed by atoms with Gasteiger partial charge in [-0.05, 0) is 59.4 Å². The maximum Gasteiger partial charge on any atom is 0.306 e. The number of rotatable bonds is 7. The standard InChI is InChI=1S/C32H33NO9/c1-15(2)14-42-24(36)10-5-16-3-6-17(7-4-16)20-8-9-22(34)26-21(20)12-18-11-19-13-23(35)27(31(33)40)30(39)32(19,41)29(38)25(18)28(26)37/h3-4,6-9,15,18-19,34,37,39,41H,5,10-14H2,1-2H3,(H2,33,40)/t18-,19+,32+/m1/s1. The van der Waals surface area contributed by atoms with Crippen LogP contribution in [0.3, 0.4) is 0 Å². The largest absolute Gasteiger partial charge is 0.508 e.